The van der Waals surface area contributed by atoms with E-state index in [4.69, 9.17) is 6.42 Å². The number of hydrogen-bond donors (Lipinski definition) is 3. The van der Waals surface area contributed by atoms with Gasteiger partial charge in [-0.2, -0.15) is 0 Å². The lowest BCUT2D eigenvalue weighted by Gasteiger charge is -2.07. The van der Waals surface area contributed by atoms with Crippen LogP contribution in [0.5, 0.6) is 0 Å². The summed E-state index contributed by atoms with van der Waals surface area (Å²) in [5, 5.41) is 27.1. The number of guanidine groups is 1. The van der Waals surface area contributed by atoms with Gasteiger partial charge in [0.2, 0.25) is 0 Å². The molecule has 0 aliphatic heterocycles. The highest BCUT2D eigenvalue weighted by Gasteiger charge is 2.10. The lowest BCUT2D eigenvalue weighted by atomic mass is 10.3. The van der Waals surface area contributed by atoms with Gasteiger partial charge in [-0.15, -0.1) is 6.42 Å². The molecule has 0 fully saturated rings. The van der Waals surface area contributed by atoms with E-state index in [0.717, 1.165) is 59.7 Å². The molecule has 3 aromatic rings. The van der Waals surface area contributed by atoms with Gasteiger partial charge in [-0.3, -0.25) is 9.89 Å². The number of nitrogens with zero attached hydrogens (tertiary/aromatic N) is 7. The van der Waals surface area contributed by atoms with E-state index in [-0.39, 0.29) is 0 Å². The number of azo groups is 2. The number of aryl methyl sites for hydroxylation is 2. The second-order valence-corrected chi connectivity index (χ2v) is 11.5. The van der Waals surface area contributed by atoms with Crippen LogP contribution in [0, 0.1) is 12.3 Å². The number of hydrogen-bond acceptors (Lipinski definition) is 7. The molecule has 0 amide bonds. The Morgan fingerprint density at radius 3 is 2.17 bits per heavy atom. The van der Waals surface area contributed by atoms with Crippen LogP contribution in [-0.2, 0) is 14.1 Å². The minimum Gasteiger partial charge on any atom is -0.385 e. The fourth-order valence-corrected chi connectivity index (χ4v) is 5.46. The van der Waals surface area contributed by atoms with E-state index in [1.807, 2.05) is 117 Å². The Morgan fingerprint density at radius 1 is 0.950 bits per heavy atom. The Balaban J connectivity index is 1.25. The average Bonchev–Trinajstić information content (AvgIpc) is 3.29. The largest absolute Gasteiger partial charge is 0.421 e. The van der Waals surface area contributed by atoms with Gasteiger partial charge in [0.25, 0.3) is 0 Å². The lowest BCUT2D eigenvalue weighted by molar-refractivity contribution is -0.657. The molecule has 0 aliphatic carbocycles. The zero-order valence-corrected chi connectivity index (χ0v) is 25.2. The summed E-state index contributed by atoms with van der Waals surface area (Å²) in [6.07, 6.45) is 10.4. The van der Waals surface area contributed by atoms with Gasteiger partial charge in [-0.05, 0) is 55.0 Å². The van der Waals surface area contributed by atoms with Gasteiger partial charge in [-0.1, -0.05) is 37.7 Å². The van der Waals surface area contributed by atoms with Crippen LogP contribution in [0.2, 0.25) is 0 Å². The van der Waals surface area contributed by atoms with Crippen molar-refractivity contribution in [3.63, 3.8) is 0 Å². The monoisotopic (exact) mass is 578 g/mol. The standard InChI is InChI=1S/C28H36N10S2/c1-6-18-36(3)27(29-2)34-32-25-12-10-24(11-13-25)31-17-22-40-39-21-7-16-30-23-8-14-26(15-9-23)33-35-28-37(4)19-20-38(28)5/h1,8-15,19-20H,7,16-18,21-22H2,2-5H3,(H,29,31,34)/p+2. The Labute approximate surface area is 244 Å². The maximum absolute atomic E-state index is 5.36. The SMILES string of the molecule is C#CC[N+](C)=C(N=Nc1ccc(NCCSSCCCNc2ccc(N=Nc3n(C)cc[n+]3C)cc2)cc1)NC. The summed E-state index contributed by atoms with van der Waals surface area (Å²) in [6, 6.07) is 15.9. The van der Waals surface area contributed by atoms with E-state index in [0.29, 0.717) is 12.5 Å². The van der Waals surface area contributed by atoms with Crippen molar-refractivity contribution in [2.24, 2.45) is 34.6 Å². The molecule has 0 radical (unpaired) electrons. The molecule has 2 aromatic carbocycles. The molecular formula is C28H38N10S2+2. The topological polar surface area (TPSA) is 97.3 Å². The number of terminal acetylenes is 1. The van der Waals surface area contributed by atoms with Crippen molar-refractivity contribution >= 4 is 56.2 Å². The molecule has 210 valence electrons. The summed E-state index contributed by atoms with van der Waals surface area (Å²) in [4.78, 5) is 0. The van der Waals surface area contributed by atoms with Gasteiger partial charge in [0.05, 0.1) is 40.6 Å². The van der Waals surface area contributed by atoms with Crippen LogP contribution < -0.4 is 20.5 Å². The molecule has 3 N–H and O–H groups in total. The van der Waals surface area contributed by atoms with Gasteiger partial charge >= 0.3 is 11.9 Å². The summed E-state index contributed by atoms with van der Waals surface area (Å²) in [5.41, 5.74) is 3.77. The molecule has 0 atom stereocenters. The summed E-state index contributed by atoms with van der Waals surface area (Å²) >= 11 is 0. The van der Waals surface area contributed by atoms with Crippen molar-refractivity contribution in [2.75, 3.05) is 55.9 Å². The Bertz CT molecular complexity index is 1300. The maximum Gasteiger partial charge on any atom is 0.421 e. The average molecular weight is 579 g/mol. The molecule has 1 aromatic heterocycles. The molecule has 0 saturated heterocycles. The van der Waals surface area contributed by atoms with E-state index in [9.17, 15) is 0 Å². The van der Waals surface area contributed by atoms with Crippen LogP contribution in [0.4, 0.5) is 28.7 Å². The lowest BCUT2D eigenvalue weighted by Crippen LogP contribution is -2.27. The van der Waals surface area contributed by atoms with Gasteiger partial charge < -0.3 is 10.6 Å². The van der Waals surface area contributed by atoms with Crippen LogP contribution in [0.3, 0.4) is 0 Å². The number of rotatable bonds is 14. The van der Waals surface area contributed by atoms with Crippen molar-refractivity contribution in [1.82, 2.24) is 9.88 Å². The molecule has 0 unspecified atom stereocenters. The zero-order valence-electron chi connectivity index (χ0n) is 23.5. The highest BCUT2D eigenvalue weighted by molar-refractivity contribution is 8.76. The summed E-state index contributed by atoms with van der Waals surface area (Å²) in [6.45, 7) is 2.30. The molecule has 0 aliphatic rings. The number of imidazole rings is 1. The number of anilines is 2. The Morgan fingerprint density at radius 2 is 1.57 bits per heavy atom. The molecule has 0 spiro atoms. The van der Waals surface area contributed by atoms with E-state index in [1.165, 1.54) is 0 Å². The second kappa shape index (κ2) is 17.0. The third-order valence-electron chi connectivity index (χ3n) is 5.64. The maximum atomic E-state index is 5.36. The third-order valence-corrected chi connectivity index (χ3v) is 8.13. The zero-order chi connectivity index (χ0) is 28.6. The van der Waals surface area contributed by atoms with Gasteiger partial charge in [-0.25, -0.2) is 9.13 Å². The minimum absolute atomic E-state index is 0.462. The fraction of sp³-hybridized carbons (Fsp3) is 0.357. The molecule has 0 bridgehead atoms. The Hall–Kier alpha value is -3.82. The smallest absolute Gasteiger partial charge is 0.385 e. The number of aromatic nitrogens is 2. The summed E-state index contributed by atoms with van der Waals surface area (Å²) in [7, 11) is 11.4. The van der Waals surface area contributed by atoms with Gasteiger partial charge in [0, 0.05) is 46.2 Å². The first-order valence-corrected chi connectivity index (χ1v) is 15.4. The van der Waals surface area contributed by atoms with Crippen molar-refractivity contribution in [1.29, 1.82) is 0 Å². The second-order valence-electron chi connectivity index (χ2n) is 8.80. The molecule has 0 saturated carbocycles. The number of nitrogens with one attached hydrogen (secondary N) is 3. The van der Waals surface area contributed by atoms with Crippen LogP contribution in [0.1, 0.15) is 6.42 Å². The minimum atomic E-state index is 0.462. The molecule has 10 nitrogen and oxygen atoms in total. The fourth-order valence-electron chi connectivity index (χ4n) is 3.47. The third kappa shape index (κ3) is 10.4. The number of benzene rings is 2. The van der Waals surface area contributed by atoms with Crippen LogP contribution in [0.15, 0.2) is 81.4 Å². The van der Waals surface area contributed by atoms with Crippen molar-refractivity contribution < 1.29 is 9.14 Å². The summed E-state index contributed by atoms with van der Waals surface area (Å²) < 4.78 is 5.69. The molecule has 12 heteroatoms. The van der Waals surface area contributed by atoms with E-state index in [2.05, 4.69) is 42.3 Å². The van der Waals surface area contributed by atoms with Crippen molar-refractivity contribution in [3.8, 4) is 12.3 Å². The first-order chi connectivity index (χ1) is 19.5. The van der Waals surface area contributed by atoms with Gasteiger partial charge in [0.15, 0.2) is 0 Å². The molecule has 1 heterocycles. The van der Waals surface area contributed by atoms with Gasteiger partial charge in [0.1, 0.15) is 17.9 Å². The first-order valence-electron chi connectivity index (χ1n) is 13.0. The quantitative estimate of drug-likeness (QED) is 0.0447. The molecule has 40 heavy (non-hydrogen) atoms. The van der Waals surface area contributed by atoms with Crippen LogP contribution in [0.25, 0.3) is 0 Å². The van der Waals surface area contributed by atoms with Crippen molar-refractivity contribution in [2.45, 2.75) is 6.42 Å². The van der Waals surface area contributed by atoms with Crippen molar-refractivity contribution in [3.05, 3.63) is 60.9 Å². The van der Waals surface area contributed by atoms with Crippen LogP contribution in [-0.4, -0.2) is 60.3 Å². The van der Waals surface area contributed by atoms with E-state index in [1.54, 1.807) is 7.05 Å². The predicted octanol–water partition coefficient (Wildman–Crippen LogP) is 5.50. The normalized spacial score (nSPS) is 12.0. The predicted molar refractivity (Wildman–Crippen MR) is 169 cm³/mol. The first kappa shape index (κ1) is 30.7. The Kier molecular flexibility index (Phi) is 13.0. The highest BCUT2D eigenvalue weighted by atomic mass is 33.1. The molecular weight excluding hydrogens is 541 g/mol. The highest BCUT2D eigenvalue weighted by Crippen LogP contribution is 2.23. The molecule has 3 rings (SSSR count). The van der Waals surface area contributed by atoms with E-state index < -0.39 is 0 Å². The summed E-state index contributed by atoms with van der Waals surface area (Å²) in [5.74, 6) is 6.13. The van der Waals surface area contributed by atoms with Crippen LogP contribution >= 0.6 is 21.6 Å². The van der Waals surface area contributed by atoms with E-state index >= 15 is 0 Å².